The van der Waals surface area contributed by atoms with E-state index in [0.29, 0.717) is 22.8 Å². The third kappa shape index (κ3) is 5.08. The number of ether oxygens (including phenoxy) is 3. The highest BCUT2D eigenvalue weighted by Gasteiger charge is 2.14. The molecule has 3 rings (SSSR count). The van der Waals surface area contributed by atoms with Gasteiger partial charge in [-0.25, -0.2) is 0 Å². The Morgan fingerprint density at radius 3 is 2.45 bits per heavy atom. The molecular formula is C22H21N3O6. The van der Waals surface area contributed by atoms with Gasteiger partial charge in [0.05, 0.1) is 50.8 Å². The minimum absolute atomic E-state index is 0.229. The van der Waals surface area contributed by atoms with Crippen molar-refractivity contribution in [3.8, 4) is 17.2 Å². The summed E-state index contributed by atoms with van der Waals surface area (Å²) in [5, 5.41) is 14.8. The minimum Gasteiger partial charge on any atom is -0.497 e. The number of methoxy groups -OCH3 is 3. The Hall–Kier alpha value is -4.14. The number of hydrogen-bond acceptors (Lipinski definition) is 7. The number of nitro groups is 1. The SMILES string of the molecule is COc1ccc(OC)c(C(=O)/C=C/c2ccc(OC)c(Cn3ccc([N+](=O)[O-])n3)c2)c1. The van der Waals surface area contributed by atoms with E-state index in [9.17, 15) is 14.9 Å². The van der Waals surface area contributed by atoms with Gasteiger partial charge in [0.1, 0.15) is 17.2 Å². The first-order valence-corrected chi connectivity index (χ1v) is 9.24. The van der Waals surface area contributed by atoms with Crippen molar-refractivity contribution < 1.29 is 23.9 Å². The molecule has 0 spiro atoms. The lowest BCUT2D eigenvalue weighted by atomic mass is 10.1. The van der Waals surface area contributed by atoms with E-state index in [1.54, 1.807) is 43.5 Å². The van der Waals surface area contributed by atoms with Gasteiger partial charge in [-0.1, -0.05) is 12.1 Å². The summed E-state index contributed by atoms with van der Waals surface area (Å²) in [6.45, 7) is 0.274. The summed E-state index contributed by atoms with van der Waals surface area (Å²) in [7, 11) is 4.56. The Kier molecular flexibility index (Phi) is 6.66. The van der Waals surface area contributed by atoms with Gasteiger partial charge in [-0.2, -0.15) is 4.68 Å². The molecule has 0 aliphatic heterocycles. The fraction of sp³-hybridized carbons (Fsp3) is 0.182. The molecule has 3 aromatic rings. The molecule has 0 fully saturated rings. The molecule has 0 N–H and O–H groups in total. The van der Waals surface area contributed by atoms with E-state index >= 15 is 0 Å². The predicted molar refractivity (Wildman–Crippen MR) is 114 cm³/mol. The number of aromatic nitrogens is 2. The second-order valence-corrected chi connectivity index (χ2v) is 6.46. The predicted octanol–water partition coefficient (Wildman–Crippen LogP) is 3.76. The molecule has 0 unspecified atom stereocenters. The van der Waals surface area contributed by atoms with Crippen molar-refractivity contribution in [1.82, 2.24) is 9.78 Å². The first kappa shape index (κ1) is 21.6. The first-order valence-electron chi connectivity index (χ1n) is 9.24. The Balaban J connectivity index is 1.84. The van der Waals surface area contributed by atoms with Crippen molar-refractivity contribution in [2.24, 2.45) is 0 Å². The summed E-state index contributed by atoms with van der Waals surface area (Å²) in [6.07, 6.45) is 4.65. The number of rotatable bonds is 9. The van der Waals surface area contributed by atoms with Crippen LogP contribution in [0, 0.1) is 10.1 Å². The maximum Gasteiger partial charge on any atom is 0.389 e. The van der Waals surface area contributed by atoms with Gasteiger partial charge in [0.15, 0.2) is 5.78 Å². The van der Waals surface area contributed by atoms with Crippen LogP contribution in [0.1, 0.15) is 21.5 Å². The Labute approximate surface area is 178 Å². The lowest BCUT2D eigenvalue weighted by Crippen LogP contribution is -2.03. The van der Waals surface area contributed by atoms with Gasteiger partial charge < -0.3 is 24.3 Å². The van der Waals surface area contributed by atoms with Crippen LogP contribution in [-0.2, 0) is 6.54 Å². The standard InChI is InChI=1S/C22H21N3O6/c1-29-17-6-9-21(31-3)18(13-17)19(26)7-4-15-5-8-20(30-2)16(12-15)14-24-11-10-22(23-24)25(27)28/h4-13H,14H2,1-3H3/b7-4+. The summed E-state index contributed by atoms with van der Waals surface area (Å²) >= 11 is 0. The number of benzene rings is 2. The number of nitrogens with zero attached hydrogens (tertiary/aromatic N) is 3. The highest BCUT2D eigenvalue weighted by Crippen LogP contribution is 2.26. The second-order valence-electron chi connectivity index (χ2n) is 6.46. The number of ketones is 1. The molecular weight excluding hydrogens is 402 g/mol. The summed E-state index contributed by atoms with van der Waals surface area (Å²) in [4.78, 5) is 23.0. The molecule has 0 atom stereocenters. The summed E-state index contributed by atoms with van der Waals surface area (Å²) in [6, 6.07) is 11.7. The molecule has 0 bridgehead atoms. The van der Waals surface area contributed by atoms with Gasteiger partial charge in [-0.3, -0.25) is 4.79 Å². The third-order valence-electron chi connectivity index (χ3n) is 4.55. The molecule has 9 heteroatoms. The molecule has 160 valence electrons. The largest absolute Gasteiger partial charge is 0.497 e. The van der Waals surface area contributed by atoms with Gasteiger partial charge >= 0.3 is 5.82 Å². The summed E-state index contributed by atoms with van der Waals surface area (Å²) < 4.78 is 17.3. The molecule has 1 aromatic heterocycles. The van der Waals surface area contributed by atoms with Gasteiger partial charge in [0.25, 0.3) is 0 Å². The van der Waals surface area contributed by atoms with E-state index in [4.69, 9.17) is 14.2 Å². The van der Waals surface area contributed by atoms with E-state index < -0.39 is 4.92 Å². The molecule has 0 aliphatic carbocycles. The maximum atomic E-state index is 12.7. The zero-order valence-electron chi connectivity index (χ0n) is 17.3. The monoisotopic (exact) mass is 423 g/mol. The van der Waals surface area contributed by atoms with Crippen LogP contribution in [0.15, 0.2) is 54.7 Å². The Morgan fingerprint density at radius 2 is 1.81 bits per heavy atom. The van der Waals surface area contributed by atoms with Crippen molar-refractivity contribution >= 4 is 17.7 Å². The zero-order valence-corrected chi connectivity index (χ0v) is 17.3. The maximum absolute atomic E-state index is 12.7. The van der Waals surface area contributed by atoms with Gasteiger partial charge in [-0.05, 0) is 46.9 Å². The van der Waals surface area contributed by atoms with E-state index in [2.05, 4.69) is 5.10 Å². The lowest BCUT2D eigenvalue weighted by molar-refractivity contribution is -0.389. The highest BCUT2D eigenvalue weighted by atomic mass is 16.6. The van der Waals surface area contributed by atoms with Gasteiger partial charge in [-0.15, -0.1) is 0 Å². The quantitative estimate of drug-likeness (QED) is 0.223. The molecule has 31 heavy (non-hydrogen) atoms. The number of carbonyl (C=O) groups excluding carboxylic acids is 1. The molecule has 2 aromatic carbocycles. The van der Waals surface area contributed by atoms with Crippen LogP contribution in [0.2, 0.25) is 0 Å². The lowest BCUT2D eigenvalue weighted by Gasteiger charge is -2.09. The minimum atomic E-state index is -0.550. The number of carbonyl (C=O) groups is 1. The number of allylic oxidation sites excluding steroid dienone is 1. The van der Waals surface area contributed by atoms with Crippen LogP contribution in [0.5, 0.6) is 17.2 Å². The molecule has 0 saturated carbocycles. The first-order chi connectivity index (χ1) is 14.9. The van der Waals surface area contributed by atoms with Crippen molar-refractivity contribution in [2.75, 3.05) is 21.3 Å². The summed E-state index contributed by atoms with van der Waals surface area (Å²) in [5.74, 6) is 1.14. The van der Waals surface area contributed by atoms with Crippen molar-refractivity contribution in [3.05, 3.63) is 81.5 Å². The average Bonchev–Trinajstić information content (AvgIpc) is 3.26. The molecule has 9 nitrogen and oxygen atoms in total. The van der Waals surface area contributed by atoms with Crippen LogP contribution in [0.4, 0.5) is 5.82 Å². The second kappa shape index (κ2) is 9.57. The fourth-order valence-corrected chi connectivity index (χ4v) is 3.00. The Morgan fingerprint density at radius 1 is 1.06 bits per heavy atom. The average molecular weight is 423 g/mol. The molecule has 1 heterocycles. The molecule has 0 aliphatic rings. The molecule has 0 amide bonds. The summed E-state index contributed by atoms with van der Waals surface area (Å²) in [5.41, 5.74) is 1.90. The van der Waals surface area contributed by atoms with Crippen LogP contribution in [0.25, 0.3) is 6.08 Å². The fourth-order valence-electron chi connectivity index (χ4n) is 3.00. The highest BCUT2D eigenvalue weighted by molar-refractivity contribution is 6.08. The van der Waals surface area contributed by atoms with Crippen LogP contribution in [-0.4, -0.2) is 41.8 Å². The zero-order chi connectivity index (χ0) is 22.4. The third-order valence-corrected chi connectivity index (χ3v) is 4.55. The molecule has 0 saturated heterocycles. The van der Waals surface area contributed by atoms with Crippen molar-refractivity contribution in [2.45, 2.75) is 6.54 Å². The van der Waals surface area contributed by atoms with E-state index in [-0.39, 0.29) is 18.1 Å². The molecule has 0 radical (unpaired) electrons. The van der Waals surface area contributed by atoms with Crippen molar-refractivity contribution in [3.63, 3.8) is 0 Å². The van der Waals surface area contributed by atoms with Crippen LogP contribution in [0.3, 0.4) is 0 Å². The van der Waals surface area contributed by atoms with Crippen LogP contribution < -0.4 is 14.2 Å². The van der Waals surface area contributed by atoms with E-state index in [1.165, 1.54) is 37.2 Å². The van der Waals surface area contributed by atoms with Gasteiger partial charge in [0.2, 0.25) is 0 Å². The Bertz CT molecular complexity index is 1140. The van der Waals surface area contributed by atoms with E-state index in [0.717, 1.165) is 11.1 Å². The van der Waals surface area contributed by atoms with E-state index in [1.807, 2.05) is 6.07 Å². The normalized spacial score (nSPS) is 10.8. The number of hydrogen-bond donors (Lipinski definition) is 0. The van der Waals surface area contributed by atoms with Crippen LogP contribution >= 0.6 is 0 Å². The topological polar surface area (TPSA) is 106 Å². The van der Waals surface area contributed by atoms with Gasteiger partial charge in [0, 0.05) is 5.56 Å². The smallest absolute Gasteiger partial charge is 0.389 e. The van der Waals surface area contributed by atoms with Crippen molar-refractivity contribution in [1.29, 1.82) is 0 Å².